The minimum absolute atomic E-state index is 0.00193. The van der Waals surface area contributed by atoms with Crippen molar-refractivity contribution in [2.45, 2.75) is 13.3 Å². The van der Waals surface area contributed by atoms with Crippen molar-refractivity contribution < 1.29 is 4.92 Å². The second-order valence-corrected chi connectivity index (χ2v) is 4.09. The number of benzene rings is 1. The van der Waals surface area contributed by atoms with Gasteiger partial charge in [-0.3, -0.25) is 10.1 Å². The van der Waals surface area contributed by atoms with E-state index in [1.807, 2.05) is 19.1 Å². The molecule has 0 unspecified atom stereocenters. The third-order valence-electron chi connectivity index (χ3n) is 2.58. The predicted molar refractivity (Wildman–Crippen MR) is 75.3 cm³/mol. The Hall–Kier alpha value is -2.80. The van der Waals surface area contributed by atoms with Crippen LogP contribution >= 0.6 is 0 Å². The smallest absolute Gasteiger partial charge is 0.273 e. The van der Waals surface area contributed by atoms with Gasteiger partial charge < -0.3 is 10.2 Å². The highest BCUT2D eigenvalue weighted by molar-refractivity contribution is 5.65. The first-order chi connectivity index (χ1) is 9.62. The predicted octanol–water partition coefficient (Wildman–Crippen LogP) is 2.27. The van der Waals surface area contributed by atoms with Gasteiger partial charge in [0.15, 0.2) is 0 Å². The molecule has 0 radical (unpaired) electrons. The van der Waals surface area contributed by atoms with E-state index in [2.05, 4.69) is 5.32 Å². The molecule has 0 atom stereocenters. The number of nitrogens with one attached hydrogen (secondary N) is 1. The van der Waals surface area contributed by atoms with Crippen molar-refractivity contribution in [3.63, 3.8) is 0 Å². The first-order valence-electron chi connectivity index (χ1n) is 6.14. The molecule has 0 spiro atoms. The molecule has 1 rings (SSSR count). The molecule has 0 fully saturated rings. The van der Waals surface area contributed by atoms with E-state index >= 15 is 0 Å². The lowest BCUT2D eigenvalue weighted by Gasteiger charge is -2.19. The maximum absolute atomic E-state index is 10.9. The molecule has 20 heavy (non-hydrogen) atoms. The van der Waals surface area contributed by atoms with Crippen LogP contribution in [0.25, 0.3) is 0 Å². The number of hydrogen-bond donors (Lipinski definition) is 1. The fraction of sp³-hybridized carbons (Fsp3) is 0.385. The number of hydrogen-bond acceptors (Lipinski definition) is 6. The van der Waals surface area contributed by atoms with E-state index in [1.54, 1.807) is 6.07 Å². The zero-order chi connectivity index (χ0) is 15.0. The number of nitrogens with zero attached hydrogens (tertiary/aromatic N) is 4. The van der Waals surface area contributed by atoms with Crippen LogP contribution in [-0.2, 0) is 0 Å². The average Bonchev–Trinajstić information content (AvgIpc) is 2.44. The van der Waals surface area contributed by atoms with Crippen molar-refractivity contribution in [3.8, 4) is 12.1 Å². The molecule has 7 nitrogen and oxygen atoms in total. The maximum atomic E-state index is 10.9. The summed E-state index contributed by atoms with van der Waals surface area (Å²) in [6.07, 6.45) is 0.887. The van der Waals surface area contributed by atoms with Gasteiger partial charge in [0, 0.05) is 30.1 Å². The van der Waals surface area contributed by atoms with Crippen molar-refractivity contribution in [1.82, 2.24) is 0 Å². The fourth-order valence-corrected chi connectivity index (χ4v) is 1.66. The van der Waals surface area contributed by atoms with E-state index in [-0.39, 0.29) is 18.8 Å². The van der Waals surface area contributed by atoms with Crippen molar-refractivity contribution in [2.75, 3.05) is 29.9 Å². The van der Waals surface area contributed by atoms with Crippen molar-refractivity contribution in [1.29, 1.82) is 10.5 Å². The highest BCUT2D eigenvalue weighted by Gasteiger charge is 2.14. The summed E-state index contributed by atoms with van der Waals surface area (Å²) in [4.78, 5) is 11.9. The summed E-state index contributed by atoms with van der Waals surface area (Å²) in [5, 5.41) is 31.5. The lowest BCUT2D eigenvalue weighted by molar-refractivity contribution is -0.384. The quantitative estimate of drug-likeness (QED) is 0.464. The number of nitriles is 2. The van der Waals surface area contributed by atoms with Gasteiger partial charge in [0.05, 0.1) is 17.1 Å². The Morgan fingerprint density at radius 3 is 2.45 bits per heavy atom. The van der Waals surface area contributed by atoms with Crippen LogP contribution in [0, 0.1) is 32.8 Å². The molecule has 0 aliphatic carbocycles. The van der Waals surface area contributed by atoms with E-state index < -0.39 is 4.92 Å². The number of nitro groups is 1. The van der Waals surface area contributed by atoms with E-state index in [1.165, 1.54) is 17.0 Å². The van der Waals surface area contributed by atoms with Crippen LogP contribution in [-0.4, -0.2) is 24.6 Å². The van der Waals surface area contributed by atoms with E-state index in [0.29, 0.717) is 17.9 Å². The number of rotatable bonds is 7. The first kappa shape index (κ1) is 15.3. The van der Waals surface area contributed by atoms with Gasteiger partial charge in [-0.15, -0.1) is 0 Å². The molecule has 0 saturated carbocycles. The molecule has 7 heteroatoms. The summed E-state index contributed by atoms with van der Waals surface area (Å²) >= 11 is 0. The minimum Gasteiger partial charge on any atom is -0.385 e. The van der Waals surface area contributed by atoms with Gasteiger partial charge in [0.1, 0.15) is 13.1 Å². The van der Waals surface area contributed by atoms with Crippen LogP contribution in [0.15, 0.2) is 18.2 Å². The monoisotopic (exact) mass is 273 g/mol. The summed E-state index contributed by atoms with van der Waals surface area (Å²) in [7, 11) is 0. The molecule has 0 aromatic heterocycles. The van der Waals surface area contributed by atoms with Gasteiger partial charge in [-0.1, -0.05) is 6.92 Å². The molecule has 1 N–H and O–H groups in total. The Morgan fingerprint density at radius 2 is 1.95 bits per heavy atom. The third-order valence-corrected chi connectivity index (χ3v) is 2.58. The van der Waals surface area contributed by atoms with Gasteiger partial charge in [-0.2, -0.15) is 10.5 Å². The largest absolute Gasteiger partial charge is 0.385 e. The Balaban J connectivity index is 3.16. The molecular weight excluding hydrogens is 258 g/mol. The van der Waals surface area contributed by atoms with Gasteiger partial charge in [-0.25, -0.2) is 0 Å². The third kappa shape index (κ3) is 4.14. The molecule has 0 heterocycles. The SMILES string of the molecule is CCCNc1cc(N(CC#N)CC#N)cc([N+](=O)[O-])c1. The molecule has 0 aliphatic heterocycles. The van der Waals surface area contributed by atoms with Crippen molar-refractivity contribution >= 4 is 17.1 Å². The standard InChI is InChI=1S/C13H15N5O2/c1-2-5-16-11-8-12(10-13(9-11)18(19)20)17(6-3-14)7-4-15/h8-10,16H,2,5-7H2,1H3. The summed E-state index contributed by atoms with van der Waals surface area (Å²) < 4.78 is 0. The molecule has 1 aromatic carbocycles. The van der Waals surface area contributed by atoms with Gasteiger partial charge in [0.2, 0.25) is 0 Å². The normalized spacial score (nSPS) is 9.35. The Kier molecular flexibility index (Phi) is 5.79. The van der Waals surface area contributed by atoms with Gasteiger partial charge in [-0.05, 0) is 12.5 Å². The second kappa shape index (κ2) is 7.59. The topological polar surface area (TPSA) is 106 Å². The zero-order valence-electron chi connectivity index (χ0n) is 11.2. The Morgan fingerprint density at radius 1 is 1.30 bits per heavy atom. The van der Waals surface area contributed by atoms with Crippen LogP contribution in [0.3, 0.4) is 0 Å². The lowest BCUT2D eigenvalue weighted by Crippen LogP contribution is -2.24. The van der Waals surface area contributed by atoms with E-state index in [0.717, 1.165) is 6.42 Å². The summed E-state index contributed by atoms with van der Waals surface area (Å²) in [6.45, 7) is 2.68. The summed E-state index contributed by atoms with van der Waals surface area (Å²) in [6, 6.07) is 8.41. The maximum Gasteiger partial charge on any atom is 0.273 e. The minimum atomic E-state index is -0.489. The van der Waals surface area contributed by atoms with Crippen LogP contribution in [0.4, 0.5) is 17.1 Å². The highest BCUT2D eigenvalue weighted by atomic mass is 16.6. The number of nitro benzene ring substituents is 1. The average molecular weight is 273 g/mol. The van der Waals surface area contributed by atoms with Crippen LogP contribution in [0.1, 0.15) is 13.3 Å². The summed E-state index contributed by atoms with van der Waals surface area (Å²) in [5.41, 5.74) is 1.03. The van der Waals surface area contributed by atoms with Crippen molar-refractivity contribution in [2.24, 2.45) is 0 Å². The molecule has 104 valence electrons. The second-order valence-electron chi connectivity index (χ2n) is 4.09. The van der Waals surface area contributed by atoms with Crippen LogP contribution < -0.4 is 10.2 Å². The zero-order valence-corrected chi connectivity index (χ0v) is 11.2. The Bertz CT molecular complexity index is 543. The van der Waals surface area contributed by atoms with Crippen molar-refractivity contribution in [3.05, 3.63) is 28.3 Å². The molecule has 0 bridgehead atoms. The van der Waals surface area contributed by atoms with Gasteiger partial charge >= 0.3 is 0 Å². The van der Waals surface area contributed by atoms with E-state index in [4.69, 9.17) is 10.5 Å². The number of anilines is 2. The lowest BCUT2D eigenvalue weighted by atomic mass is 10.2. The highest BCUT2D eigenvalue weighted by Crippen LogP contribution is 2.27. The van der Waals surface area contributed by atoms with Crippen LogP contribution in [0.5, 0.6) is 0 Å². The summed E-state index contributed by atoms with van der Waals surface area (Å²) in [5.74, 6) is 0. The molecule has 0 amide bonds. The molecule has 0 saturated heterocycles. The van der Waals surface area contributed by atoms with Gasteiger partial charge in [0.25, 0.3) is 5.69 Å². The first-order valence-corrected chi connectivity index (χ1v) is 6.14. The molecule has 1 aromatic rings. The molecule has 0 aliphatic rings. The van der Waals surface area contributed by atoms with E-state index in [9.17, 15) is 10.1 Å². The molecular formula is C13H15N5O2. The number of non-ortho nitro benzene ring substituents is 1. The van der Waals surface area contributed by atoms with Crippen LogP contribution in [0.2, 0.25) is 0 Å². The fourth-order valence-electron chi connectivity index (χ4n) is 1.66. The Labute approximate surface area is 117 Å².